The highest BCUT2D eigenvalue weighted by atomic mass is 35.5. The van der Waals surface area contributed by atoms with E-state index in [0.29, 0.717) is 12.5 Å². The highest BCUT2D eigenvalue weighted by Gasteiger charge is 2.15. The van der Waals surface area contributed by atoms with E-state index in [2.05, 4.69) is 29.2 Å². The number of hydrogen-bond donors (Lipinski definition) is 0. The van der Waals surface area contributed by atoms with Crippen molar-refractivity contribution in [3.63, 3.8) is 0 Å². The van der Waals surface area contributed by atoms with Crippen molar-refractivity contribution < 1.29 is 4.74 Å². The van der Waals surface area contributed by atoms with E-state index in [-0.39, 0.29) is 0 Å². The van der Waals surface area contributed by atoms with Gasteiger partial charge in [-0.1, -0.05) is 37.1 Å². The minimum absolute atomic E-state index is 0.469. The standard InChI is InChI=1S/C17H20ClNOS/c18-9-15-12-21-17(19-15)16-8-4-3-7-14(16)11-20-10-13-5-1-2-6-13/h3-4,7-8,12-13H,1-2,5-6,9-11H2. The molecule has 4 heteroatoms. The molecule has 0 bridgehead atoms. The third kappa shape index (κ3) is 3.85. The topological polar surface area (TPSA) is 22.1 Å². The lowest BCUT2D eigenvalue weighted by molar-refractivity contribution is 0.0891. The molecule has 0 radical (unpaired) electrons. The third-order valence-electron chi connectivity index (χ3n) is 4.02. The summed E-state index contributed by atoms with van der Waals surface area (Å²) in [7, 11) is 0. The molecular formula is C17H20ClNOS. The van der Waals surface area contributed by atoms with Gasteiger partial charge in [0.15, 0.2) is 0 Å². The van der Waals surface area contributed by atoms with Crippen LogP contribution < -0.4 is 0 Å². The van der Waals surface area contributed by atoms with Crippen molar-refractivity contribution in [3.05, 3.63) is 40.9 Å². The van der Waals surface area contributed by atoms with Crippen molar-refractivity contribution in [3.8, 4) is 10.6 Å². The van der Waals surface area contributed by atoms with Crippen LogP contribution in [0.3, 0.4) is 0 Å². The first-order valence-electron chi connectivity index (χ1n) is 7.53. The second-order valence-corrected chi connectivity index (χ2v) is 6.73. The maximum atomic E-state index is 5.95. The summed E-state index contributed by atoms with van der Waals surface area (Å²) in [6, 6.07) is 8.36. The van der Waals surface area contributed by atoms with E-state index in [0.717, 1.165) is 23.2 Å². The van der Waals surface area contributed by atoms with Crippen molar-refractivity contribution in [2.45, 2.75) is 38.2 Å². The second kappa shape index (κ2) is 7.39. The van der Waals surface area contributed by atoms with Crippen LogP contribution in [-0.2, 0) is 17.2 Å². The first-order chi connectivity index (χ1) is 10.4. The monoisotopic (exact) mass is 321 g/mol. The molecule has 1 aromatic heterocycles. The van der Waals surface area contributed by atoms with Gasteiger partial charge in [-0.3, -0.25) is 0 Å². The molecule has 0 amide bonds. The Labute approximate surface area is 135 Å². The highest BCUT2D eigenvalue weighted by Crippen LogP contribution is 2.29. The lowest BCUT2D eigenvalue weighted by atomic mass is 10.1. The number of halogens is 1. The second-order valence-electron chi connectivity index (χ2n) is 5.60. The van der Waals surface area contributed by atoms with Crippen LogP contribution in [0.25, 0.3) is 10.6 Å². The van der Waals surface area contributed by atoms with Crippen LogP contribution in [0.2, 0.25) is 0 Å². The molecule has 21 heavy (non-hydrogen) atoms. The summed E-state index contributed by atoms with van der Waals surface area (Å²) in [5.74, 6) is 1.23. The van der Waals surface area contributed by atoms with E-state index in [1.165, 1.54) is 36.8 Å². The Hall–Kier alpha value is -0.900. The fourth-order valence-electron chi connectivity index (χ4n) is 2.86. The van der Waals surface area contributed by atoms with Crippen molar-refractivity contribution in [2.75, 3.05) is 6.61 Å². The Morgan fingerprint density at radius 1 is 1.24 bits per heavy atom. The SMILES string of the molecule is ClCc1csc(-c2ccccc2COCC2CCCC2)n1. The predicted octanol–water partition coefficient (Wildman–Crippen LogP) is 5.26. The number of benzene rings is 1. The van der Waals surface area contributed by atoms with E-state index in [1.54, 1.807) is 11.3 Å². The van der Waals surface area contributed by atoms with E-state index in [9.17, 15) is 0 Å². The summed E-state index contributed by atoms with van der Waals surface area (Å²) in [4.78, 5) is 4.58. The smallest absolute Gasteiger partial charge is 0.124 e. The van der Waals surface area contributed by atoms with E-state index in [1.807, 2.05) is 5.38 Å². The van der Waals surface area contributed by atoms with E-state index >= 15 is 0 Å². The molecule has 112 valence electrons. The Bertz CT molecular complexity index is 578. The average Bonchev–Trinajstić information content (AvgIpc) is 3.19. The normalized spacial score (nSPS) is 15.7. The number of hydrogen-bond acceptors (Lipinski definition) is 3. The van der Waals surface area contributed by atoms with Crippen LogP contribution in [0.15, 0.2) is 29.6 Å². The molecular weight excluding hydrogens is 302 g/mol. The molecule has 1 aliphatic rings. The van der Waals surface area contributed by atoms with Crippen molar-refractivity contribution in [2.24, 2.45) is 5.92 Å². The van der Waals surface area contributed by atoms with Gasteiger partial charge in [-0.15, -0.1) is 22.9 Å². The molecule has 0 saturated heterocycles. The van der Waals surface area contributed by atoms with Gasteiger partial charge in [0.05, 0.1) is 18.2 Å². The maximum Gasteiger partial charge on any atom is 0.124 e. The van der Waals surface area contributed by atoms with Crippen LogP contribution in [0.5, 0.6) is 0 Å². The van der Waals surface area contributed by atoms with Gasteiger partial charge in [-0.2, -0.15) is 0 Å². The summed E-state index contributed by atoms with van der Waals surface area (Å²) in [5.41, 5.74) is 3.33. The predicted molar refractivity (Wildman–Crippen MR) is 88.7 cm³/mol. The Morgan fingerprint density at radius 3 is 2.81 bits per heavy atom. The molecule has 1 saturated carbocycles. The van der Waals surface area contributed by atoms with Gasteiger partial charge < -0.3 is 4.74 Å². The Kier molecular flexibility index (Phi) is 5.28. The molecule has 0 unspecified atom stereocenters. The van der Waals surface area contributed by atoms with Crippen molar-refractivity contribution >= 4 is 22.9 Å². The minimum Gasteiger partial charge on any atom is -0.376 e. The van der Waals surface area contributed by atoms with E-state index < -0.39 is 0 Å². The summed E-state index contributed by atoms with van der Waals surface area (Å²) < 4.78 is 5.95. The fraction of sp³-hybridized carbons (Fsp3) is 0.471. The molecule has 3 rings (SSSR count). The first-order valence-corrected chi connectivity index (χ1v) is 8.94. The molecule has 0 spiro atoms. The average molecular weight is 322 g/mol. The number of alkyl halides is 1. The van der Waals surface area contributed by atoms with Gasteiger partial charge in [0, 0.05) is 17.6 Å². The summed E-state index contributed by atoms with van der Waals surface area (Å²) >= 11 is 7.49. The number of aromatic nitrogens is 1. The quantitative estimate of drug-likeness (QED) is 0.677. The first kappa shape index (κ1) is 15.0. The molecule has 0 N–H and O–H groups in total. The molecule has 2 aromatic rings. The fourth-order valence-corrected chi connectivity index (χ4v) is 3.97. The van der Waals surface area contributed by atoms with Crippen molar-refractivity contribution in [1.29, 1.82) is 0 Å². The van der Waals surface area contributed by atoms with Crippen LogP contribution in [0.4, 0.5) is 0 Å². The number of rotatable bonds is 6. The van der Waals surface area contributed by atoms with Crippen LogP contribution in [0.1, 0.15) is 36.9 Å². The largest absolute Gasteiger partial charge is 0.376 e. The maximum absolute atomic E-state index is 5.95. The molecule has 1 aromatic carbocycles. The van der Waals surface area contributed by atoms with Gasteiger partial charge in [0.25, 0.3) is 0 Å². The Balaban J connectivity index is 1.67. The third-order valence-corrected chi connectivity index (χ3v) is 5.22. The minimum atomic E-state index is 0.469. The molecule has 0 aliphatic heterocycles. The molecule has 0 atom stereocenters. The molecule has 1 heterocycles. The highest BCUT2D eigenvalue weighted by molar-refractivity contribution is 7.13. The van der Waals surface area contributed by atoms with Gasteiger partial charge in [0.2, 0.25) is 0 Å². The summed E-state index contributed by atoms with van der Waals surface area (Å²) in [6.07, 6.45) is 5.39. The van der Waals surface area contributed by atoms with E-state index in [4.69, 9.17) is 16.3 Å². The van der Waals surface area contributed by atoms with Gasteiger partial charge >= 0.3 is 0 Å². The zero-order valence-corrected chi connectivity index (χ0v) is 13.6. The molecule has 1 aliphatic carbocycles. The van der Waals surface area contributed by atoms with Crippen LogP contribution in [-0.4, -0.2) is 11.6 Å². The lowest BCUT2D eigenvalue weighted by Crippen LogP contribution is -2.05. The number of thiazole rings is 1. The number of nitrogens with zero attached hydrogens (tertiary/aromatic N) is 1. The van der Waals surface area contributed by atoms with Crippen LogP contribution >= 0.6 is 22.9 Å². The number of ether oxygens (including phenoxy) is 1. The van der Waals surface area contributed by atoms with Crippen LogP contribution in [0, 0.1) is 5.92 Å². The van der Waals surface area contributed by atoms with Gasteiger partial charge in [-0.25, -0.2) is 4.98 Å². The molecule has 2 nitrogen and oxygen atoms in total. The summed E-state index contributed by atoms with van der Waals surface area (Å²) in [5, 5.41) is 3.06. The lowest BCUT2D eigenvalue weighted by Gasteiger charge is -2.11. The van der Waals surface area contributed by atoms with Gasteiger partial charge in [-0.05, 0) is 24.3 Å². The molecule has 1 fully saturated rings. The Morgan fingerprint density at radius 2 is 2.05 bits per heavy atom. The summed E-state index contributed by atoms with van der Waals surface area (Å²) in [6.45, 7) is 1.56. The zero-order valence-electron chi connectivity index (χ0n) is 12.1. The zero-order chi connectivity index (χ0) is 14.5. The van der Waals surface area contributed by atoms with Gasteiger partial charge in [0.1, 0.15) is 5.01 Å². The van der Waals surface area contributed by atoms with Crippen molar-refractivity contribution in [1.82, 2.24) is 4.98 Å².